The predicted octanol–water partition coefficient (Wildman–Crippen LogP) is 2.48. The minimum absolute atomic E-state index is 0.213. The van der Waals surface area contributed by atoms with Crippen LogP contribution in [0.4, 0.5) is 0 Å². The Hall–Kier alpha value is -3.36. The van der Waals surface area contributed by atoms with E-state index in [-0.39, 0.29) is 23.5 Å². The molecule has 0 bridgehead atoms. The fourth-order valence-electron chi connectivity index (χ4n) is 4.05. The van der Waals surface area contributed by atoms with Gasteiger partial charge < -0.3 is 24.9 Å². The number of rotatable bonds is 8. The molecule has 0 saturated heterocycles. The van der Waals surface area contributed by atoms with Gasteiger partial charge >= 0.3 is 11.6 Å². The minimum Gasteiger partial charge on any atom is -0.487 e. The first-order valence-corrected chi connectivity index (χ1v) is 11.5. The normalized spacial score (nSPS) is 16.1. The number of carbonyl (C=O) groups is 3. The van der Waals surface area contributed by atoms with Crippen molar-refractivity contribution < 1.29 is 28.6 Å². The highest BCUT2D eigenvalue weighted by molar-refractivity contribution is 5.89. The van der Waals surface area contributed by atoms with Crippen molar-refractivity contribution in [2.75, 3.05) is 6.54 Å². The summed E-state index contributed by atoms with van der Waals surface area (Å²) in [7, 11) is 0. The zero-order valence-electron chi connectivity index (χ0n) is 20.2. The highest BCUT2D eigenvalue weighted by Gasteiger charge is 2.28. The number of aliphatic carboxylic acids is 1. The second-order valence-corrected chi connectivity index (χ2v) is 9.53. The predicted molar refractivity (Wildman–Crippen MR) is 126 cm³/mol. The Bertz CT molecular complexity index is 1180. The van der Waals surface area contributed by atoms with Gasteiger partial charge in [-0.1, -0.05) is 20.3 Å². The molecule has 3 N–H and O–H groups in total. The maximum Gasteiger partial charge on any atom is 0.340 e. The number of hydrogen-bond acceptors (Lipinski definition) is 6. The van der Waals surface area contributed by atoms with Crippen LogP contribution >= 0.6 is 0 Å². The van der Waals surface area contributed by atoms with E-state index in [4.69, 9.17) is 9.15 Å². The highest BCUT2D eigenvalue weighted by Crippen LogP contribution is 2.36. The lowest BCUT2D eigenvalue weighted by atomic mass is 9.92. The number of aryl methyl sites for hydroxylation is 2. The van der Waals surface area contributed by atoms with Crippen molar-refractivity contribution in [2.24, 2.45) is 5.92 Å². The summed E-state index contributed by atoms with van der Waals surface area (Å²) in [5, 5.41) is 14.9. The summed E-state index contributed by atoms with van der Waals surface area (Å²) in [4.78, 5) is 48.6. The van der Waals surface area contributed by atoms with Gasteiger partial charge in [0.15, 0.2) is 0 Å². The number of benzene rings is 1. The van der Waals surface area contributed by atoms with E-state index in [1.807, 2.05) is 26.8 Å². The van der Waals surface area contributed by atoms with Crippen LogP contribution in [0.2, 0.25) is 0 Å². The van der Waals surface area contributed by atoms with Crippen LogP contribution in [0.5, 0.6) is 5.75 Å². The molecule has 1 aliphatic heterocycles. The molecule has 2 amide bonds. The van der Waals surface area contributed by atoms with Gasteiger partial charge in [0.2, 0.25) is 11.8 Å². The molecule has 0 radical (unpaired) electrons. The third-order valence-corrected chi connectivity index (χ3v) is 6.43. The van der Waals surface area contributed by atoms with Gasteiger partial charge in [-0.2, -0.15) is 0 Å². The Morgan fingerprint density at radius 1 is 1.21 bits per heavy atom. The van der Waals surface area contributed by atoms with Gasteiger partial charge in [0, 0.05) is 11.5 Å². The quantitative estimate of drug-likeness (QED) is 0.502. The molecule has 0 saturated carbocycles. The molecule has 0 fully saturated rings. The van der Waals surface area contributed by atoms with Crippen LogP contribution in [0.25, 0.3) is 11.0 Å². The molecule has 2 aromatic rings. The second kappa shape index (κ2) is 9.87. The van der Waals surface area contributed by atoms with Crippen molar-refractivity contribution >= 4 is 28.8 Å². The van der Waals surface area contributed by atoms with Crippen LogP contribution in [0.3, 0.4) is 0 Å². The average Bonchev–Trinajstić information content (AvgIpc) is 2.76. The van der Waals surface area contributed by atoms with E-state index in [2.05, 4.69) is 10.6 Å². The SMILES string of the molecule is CC[C@H](C)[C@H](NC(=O)CNC(=O)Cc1c(C)c2cc3c(cc2oc1=O)OC(C)(C)CC3)C(=O)O. The van der Waals surface area contributed by atoms with Crippen LogP contribution < -0.4 is 21.0 Å². The van der Waals surface area contributed by atoms with Crippen molar-refractivity contribution in [3.8, 4) is 5.75 Å². The third kappa shape index (κ3) is 5.58. The standard InChI is InChI=1S/C25H32N2O7/c1-6-13(2)22(23(30)31)27-21(29)12-26-20(28)10-17-14(3)16-9-15-7-8-25(4,5)34-18(15)11-19(16)33-24(17)32/h9,11,13,22H,6-8,10,12H2,1-5H3,(H,26,28)(H,27,29)(H,30,31)/t13-,22-/m0/s1. The molecule has 2 atom stereocenters. The summed E-state index contributed by atoms with van der Waals surface area (Å²) in [6, 6.07) is 2.63. The Labute approximate surface area is 197 Å². The summed E-state index contributed by atoms with van der Waals surface area (Å²) in [6.07, 6.45) is 2.01. The van der Waals surface area contributed by atoms with E-state index in [0.717, 1.165) is 23.8 Å². The first-order valence-electron chi connectivity index (χ1n) is 11.5. The van der Waals surface area contributed by atoms with Gasteiger partial charge in [-0.25, -0.2) is 9.59 Å². The molecule has 0 spiro atoms. The lowest BCUT2D eigenvalue weighted by molar-refractivity contribution is -0.143. The third-order valence-electron chi connectivity index (χ3n) is 6.43. The number of carboxylic acids is 1. The molecule has 1 aromatic carbocycles. The highest BCUT2D eigenvalue weighted by atomic mass is 16.5. The maximum absolute atomic E-state index is 12.6. The van der Waals surface area contributed by atoms with Gasteiger partial charge in [-0.05, 0) is 56.7 Å². The largest absolute Gasteiger partial charge is 0.487 e. The van der Waals surface area contributed by atoms with Crippen LogP contribution in [0, 0.1) is 12.8 Å². The molecule has 2 heterocycles. The number of nitrogens with one attached hydrogen (secondary N) is 2. The summed E-state index contributed by atoms with van der Waals surface area (Å²) in [6.45, 7) is 8.94. The second-order valence-electron chi connectivity index (χ2n) is 9.53. The van der Waals surface area contributed by atoms with Crippen LogP contribution in [-0.4, -0.2) is 41.1 Å². The van der Waals surface area contributed by atoms with Gasteiger partial charge in [-0.15, -0.1) is 0 Å². The van der Waals surface area contributed by atoms with E-state index in [9.17, 15) is 24.3 Å². The van der Waals surface area contributed by atoms with Gasteiger partial charge in [0.25, 0.3) is 0 Å². The Balaban J connectivity index is 1.72. The van der Waals surface area contributed by atoms with E-state index in [0.29, 0.717) is 23.3 Å². The van der Waals surface area contributed by atoms with Crippen molar-refractivity contribution in [3.63, 3.8) is 0 Å². The number of fused-ring (bicyclic) bond motifs is 2. The number of amides is 2. The zero-order valence-corrected chi connectivity index (χ0v) is 20.2. The summed E-state index contributed by atoms with van der Waals surface area (Å²) < 4.78 is 11.5. The number of ether oxygens (including phenoxy) is 1. The molecule has 184 valence electrons. The van der Waals surface area contributed by atoms with Crippen molar-refractivity contribution in [1.29, 1.82) is 0 Å². The molecule has 0 aliphatic carbocycles. The zero-order chi connectivity index (χ0) is 25.2. The first-order chi connectivity index (χ1) is 15.9. The average molecular weight is 473 g/mol. The smallest absolute Gasteiger partial charge is 0.340 e. The van der Waals surface area contributed by atoms with Crippen LogP contribution in [0.15, 0.2) is 21.3 Å². The van der Waals surface area contributed by atoms with Gasteiger partial charge in [0.05, 0.1) is 18.5 Å². The summed E-state index contributed by atoms with van der Waals surface area (Å²) in [5.41, 5.74) is 1.35. The monoisotopic (exact) mass is 472 g/mol. The van der Waals surface area contributed by atoms with E-state index < -0.39 is 36.0 Å². The molecule has 3 rings (SSSR count). The summed E-state index contributed by atoms with van der Waals surface area (Å²) >= 11 is 0. The van der Waals surface area contributed by atoms with Gasteiger partial charge in [0.1, 0.15) is 23.0 Å². The van der Waals surface area contributed by atoms with Crippen LogP contribution in [-0.2, 0) is 27.2 Å². The number of carbonyl (C=O) groups excluding carboxylic acids is 2. The molecule has 1 aliphatic rings. The summed E-state index contributed by atoms with van der Waals surface area (Å²) in [5.74, 6) is -1.85. The van der Waals surface area contributed by atoms with Gasteiger partial charge in [-0.3, -0.25) is 9.59 Å². The molecule has 0 unspecified atom stereocenters. The lowest BCUT2D eigenvalue weighted by Gasteiger charge is -2.32. The van der Waals surface area contributed by atoms with E-state index in [1.165, 1.54) is 0 Å². The van der Waals surface area contributed by atoms with E-state index >= 15 is 0 Å². The van der Waals surface area contributed by atoms with E-state index in [1.54, 1.807) is 19.9 Å². The first kappa shape index (κ1) is 25.3. The Kier molecular flexibility index (Phi) is 7.33. The molecular weight excluding hydrogens is 440 g/mol. The fourth-order valence-corrected chi connectivity index (χ4v) is 4.05. The molecule has 34 heavy (non-hydrogen) atoms. The molecular formula is C25H32N2O7. The van der Waals surface area contributed by atoms with Crippen molar-refractivity contribution in [2.45, 2.75) is 71.9 Å². The topological polar surface area (TPSA) is 135 Å². The Morgan fingerprint density at radius 3 is 2.56 bits per heavy atom. The van der Waals surface area contributed by atoms with Crippen molar-refractivity contribution in [3.05, 3.63) is 39.2 Å². The Morgan fingerprint density at radius 2 is 1.91 bits per heavy atom. The molecule has 9 nitrogen and oxygen atoms in total. The number of hydrogen-bond donors (Lipinski definition) is 3. The maximum atomic E-state index is 12.6. The van der Waals surface area contributed by atoms with Crippen LogP contribution in [0.1, 0.15) is 57.2 Å². The fraction of sp³-hybridized carbons (Fsp3) is 0.520. The molecule has 1 aromatic heterocycles. The number of carboxylic acid groups (broad SMARTS) is 1. The molecule has 9 heteroatoms. The lowest BCUT2D eigenvalue weighted by Crippen LogP contribution is -2.48. The van der Waals surface area contributed by atoms with Crippen molar-refractivity contribution in [1.82, 2.24) is 10.6 Å². The minimum atomic E-state index is -1.13.